The van der Waals surface area contributed by atoms with Crippen molar-refractivity contribution in [2.75, 3.05) is 12.4 Å². The molecule has 178 valence electrons. The molecule has 4 rings (SSSR count). The predicted molar refractivity (Wildman–Crippen MR) is 134 cm³/mol. The molecular weight excluding hydrogens is 470 g/mol. The zero-order valence-electron chi connectivity index (χ0n) is 19.0. The lowest BCUT2D eigenvalue weighted by molar-refractivity contribution is 0.0600. The number of rotatable bonds is 7. The summed E-state index contributed by atoms with van der Waals surface area (Å²) in [6.07, 6.45) is 0. The number of halogens is 1. The van der Waals surface area contributed by atoms with Crippen molar-refractivity contribution in [2.24, 2.45) is 7.05 Å². The van der Waals surface area contributed by atoms with Crippen LogP contribution in [0.1, 0.15) is 15.9 Å². The van der Waals surface area contributed by atoms with E-state index in [1.807, 2.05) is 12.1 Å². The van der Waals surface area contributed by atoms with Crippen molar-refractivity contribution in [1.29, 1.82) is 0 Å². The maximum atomic E-state index is 12.8. The van der Waals surface area contributed by atoms with Crippen LogP contribution in [0.4, 0.5) is 11.5 Å². The highest BCUT2D eigenvalue weighted by Gasteiger charge is 2.11. The molecule has 0 saturated carbocycles. The first kappa shape index (κ1) is 23.8. The largest absolute Gasteiger partial charge is 0.465 e. The molecule has 0 radical (unpaired) electrons. The topological polar surface area (TPSA) is 91.6 Å². The van der Waals surface area contributed by atoms with Crippen molar-refractivity contribution in [3.8, 4) is 11.5 Å². The molecule has 0 atom stereocenters. The molecule has 35 heavy (non-hydrogen) atoms. The maximum Gasteiger partial charge on any atom is 0.337 e. The normalized spacial score (nSPS) is 10.6. The number of ether oxygens (including phenoxy) is 2. The summed E-state index contributed by atoms with van der Waals surface area (Å²) >= 11 is 5.97. The third-order valence-corrected chi connectivity index (χ3v) is 5.52. The Labute approximate surface area is 205 Å². The molecule has 0 saturated heterocycles. The number of anilines is 2. The Morgan fingerprint density at radius 2 is 1.66 bits per heavy atom. The number of aromatic nitrogens is 2. The van der Waals surface area contributed by atoms with E-state index in [2.05, 4.69) is 5.32 Å². The van der Waals surface area contributed by atoms with Gasteiger partial charge in [-0.05, 0) is 60.2 Å². The summed E-state index contributed by atoms with van der Waals surface area (Å²) in [4.78, 5) is 36.9. The standard InChI is InChI=1S/C26H22ClN3O5/c1-29-24(31)15-23(30(26(29)33)16-17-6-8-19(27)9-7-17)28-20-10-12-21(13-11-20)35-22-5-3-4-18(14-22)25(32)34-2/h3-15,28H,16H2,1-2H3. The number of hydrogen-bond acceptors (Lipinski definition) is 6. The van der Waals surface area contributed by atoms with E-state index in [1.54, 1.807) is 60.7 Å². The van der Waals surface area contributed by atoms with Gasteiger partial charge in [-0.25, -0.2) is 9.59 Å². The Morgan fingerprint density at radius 3 is 2.34 bits per heavy atom. The van der Waals surface area contributed by atoms with Gasteiger partial charge in [0.1, 0.15) is 17.3 Å². The molecule has 0 bridgehead atoms. The maximum absolute atomic E-state index is 12.8. The van der Waals surface area contributed by atoms with E-state index in [1.165, 1.54) is 24.8 Å². The van der Waals surface area contributed by atoms with Gasteiger partial charge in [0.05, 0.1) is 19.2 Å². The summed E-state index contributed by atoms with van der Waals surface area (Å²) in [5.41, 5.74) is 1.03. The van der Waals surface area contributed by atoms with E-state index in [9.17, 15) is 14.4 Å². The molecule has 1 heterocycles. The zero-order chi connectivity index (χ0) is 24.9. The lowest BCUT2D eigenvalue weighted by Crippen LogP contribution is -2.38. The quantitative estimate of drug-likeness (QED) is 0.381. The third-order valence-electron chi connectivity index (χ3n) is 5.27. The van der Waals surface area contributed by atoms with Crippen LogP contribution in [0.5, 0.6) is 11.5 Å². The fourth-order valence-corrected chi connectivity index (χ4v) is 3.52. The van der Waals surface area contributed by atoms with E-state index < -0.39 is 17.2 Å². The Morgan fingerprint density at radius 1 is 0.943 bits per heavy atom. The molecule has 0 unspecified atom stereocenters. The van der Waals surface area contributed by atoms with Gasteiger partial charge in [0.25, 0.3) is 5.56 Å². The number of nitrogens with one attached hydrogen (secondary N) is 1. The van der Waals surface area contributed by atoms with Crippen LogP contribution >= 0.6 is 11.6 Å². The summed E-state index contributed by atoms with van der Waals surface area (Å²) in [5, 5.41) is 3.74. The van der Waals surface area contributed by atoms with E-state index in [-0.39, 0.29) is 6.54 Å². The molecule has 4 aromatic rings. The number of nitrogens with zero attached hydrogens (tertiary/aromatic N) is 2. The fraction of sp³-hybridized carbons (Fsp3) is 0.115. The minimum absolute atomic E-state index is 0.254. The number of carbonyl (C=O) groups is 1. The van der Waals surface area contributed by atoms with Gasteiger partial charge in [-0.2, -0.15) is 0 Å². The number of carbonyl (C=O) groups excluding carboxylic acids is 1. The Kier molecular flexibility index (Phi) is 7.03. The van der Waals surface area contributed by atoms with E-state index in [0.717, 1.165) is 10.1 Å². The summed E-state index contributed by atoms with van der Waals surface area (Å²) in [5.74, 6) is 0.929. The van der Waals surface area contributed by atoms with Gasteiger partial charge < -0.3 is 14.8 Å². The SMILES string of the molecule is COC(=O)c1cccc(Oc2ccc(Nc3cc(=O)n(C)c(=O)n3Cc3ccc(Cl)cc3)cc2)c1. The molecule has 8 nitrogen and oxygen atoms in total. The van der Waals surface area contributed by atoms with Crippen molar-refractivity contribution in [3.63, 3.8) is 0 Å². The first-order valence-corrected chi connectivity index (χ1v) is 11.0. The molecule has 0 fully saturated rings. The third kappa shape index (κ3) is 5.62. The van der Waals surface area contributed by atoms with Crippen molar-refractivity contribution in [1.82, 2.24) is 9.13 Å². The Bertz CT molecular complexity index is 1480. The van der Waals surface area contributed by atoms with Crippen molar-refractivity contribution in [3.05, 3.63) is 116 Å². The lowest BCUT2D eigenvalue weighted by atomic mass is 10.2. The van der Waals surface area contributed by atoms with Crippen LogP contribution < -0.4 is 21.3 Å². The van der Waals surface area contributed by atoms with Gasteiger partial charge >= 0.3 is 11.7 Å². The molecule has 0 aliphatic rings. The molecule has 1 aromatic heterocycles. The monoisotopic (exact) mass is 491 g/mol. The van der Waals surface area contributed by atoms with Crippen LogP contribution in [0, 0.1) is 0 Å². The summed E-state index contributed by atoms with van der Waals surface area (Å²) in [6, 6.07) is 22.2. The first-order valence-electron chi connectivity index (χ1n) is 10.6. The summed E-state index contributed by atoms with van der Waals surface area (Å²) < 4.78 is 13.1. The summed E-state index contributed by atoms with van der Waals surface area (Å²) in [7, 11) is 2.76. The fourth-order valence-electron chi connectivity index (χ4n) is 3.39. The number of benzene rings is 3. The average Bonchev–Trinajstić information content (AvgIpc) is 2.87. The van der Waals surface area contributed by atoms with Gasteiger partial charge in [0.15, 0.2) is 0 Å². The van der Waals surface area contributed by atoms with Crippen molar-refractivity contribution in [2.45, 2.75) is 6.54 Å². The minimum Gasteiger partial charge on any atom is -0.465 e. The number of methoxy groups -OCH3 is 1. The van der Waals surface area contributed by atoms with Crippen LogP contribution in [-0.2, 0) is 18.3 Å². The van der Waals surface area contributed by atoms with Crippen LogP contribution in [0.15, 0.2) is 88.5 Å². The van der Waals surface area contributed by atoms with E-state index >= 15 is 0 Å². The highest BCUT2D eigenvalue weighted by atomic mass is 35.5. The number of hydrogen-bond donors (Lipinski definition) is 1. The molecule has 0 aliphatic heterocycles. The van der Waals surface area contributed by atoms with Crippen molar-refractivity contribution < 1.29 is 14.3 Å². The molecule has 0 amide bonds. The second-order valence-corrected chi connectivity index (χ2v) is 8.13. The molecule has 0 aliphatic carbocycles. The first-order chi connectivity index (χ1) is 16.8. The number of esters is 1. The highest BCUT2D eigenvalue weighted by Crippen LogP contribution is 2.25. The van der Waals surface area contributed by atoms with E-state index in [4.69, 9.17) is 21.1 Å². The molecule has 3 aromatic carbocycles. The molecule has 1 N–H and O–H groups in total. The van der Waals surface area contributed by atoms with Gasteiger partial charge in [-0.15, -0.1) is 0 Å². The lowest BCUT2D eigenvalue weighted by Gasteiger charge is -2.16. The molecule has 0 spiro atoms. The van der Waals surface area contributed by atoms with Gasteiger partial charge in [0.2, 0.25) is 0 Å². The average molecular weight is 492 g/mol. The predicted octanol–water partition coefficient (Wildman–Crippen LogP) is 4.57. The van der Waals surface area contributed by atoms with Gasteiger partial charge in [-0.3, -0.25) is 13.9 Å². The zero-order valence-corrected chi connectivity index (χ0v) is 19.8. The molecular formula is C26H22ClN3O5. The van der Waals surface area contributed by atoms with Gasteiger partial charge in [0, 0.05) is 23.8 Å². The van der Waals surface area contributed by atoms with Crippen molar-refractivity contribution >= 4 is 29.1 Å². The smallest absolute Gasteiger partial charge is 0.337 e. The van der Waals surface area contributed by atoms with Crippen LogP contribution in [0.25, 0.3) is 0 Å². The minimum atomic E-state index is -0.450. The molecule has 9 heteroatoms. The van der Waals surface area contributed by atoms with Crippen LogP contribution in [0.2, 0.25) is 5.02 Å². The second-order valence-electron chi connectivity index (χ2n) is 7.69. The van der Waals surface area contributed by atoms with Crippen LogP contribution in [0.3, 0.4) is 0 Å². The van der Waals surface area contributed by atoms with Gasteiger partial charge in [-0.1, -0.05) is 29.8 Å². The Balaban J connectivity index is 1.56. The highest BCUT2D eigenvalue weighted by molar-refractivity contribution is 6.30. The second kappa shape index (κ2) is 10.3. The summed E-state index contributed by atoms with van der Waals surface area (Å²) in [6.45, 7) is 0.254. The van der Waals surface area contributed by atoms with Crippen LogP contribution in [-0.4, -0.2) is 22.2 Å². The Hall–Kier alpha value is -4.30. The van der Waals surface area contributed by atoms with E-state index in [0.29, 0.717) is 33.6 Å².